The molecule has 1 aliphatic carbocycles. The van der Waals surface area contributed by atoms with Gasteiger partial charge in [-0.1, -0.05) is 23.8 Å². The third-order valence-electron chi connectivity index (χ3n) is 1.77. The Balaban J connectivity index is 2.67. The Bertz CT molecular complexity index is 314. The van der Waals surface area contributed by atoms with Crippen molar-refractivity contribution in [2.24, 2.45) is 0 Å². The van der Waals surface area contributed by atoms with E-state index in [2.05, 4.69) is 4.72 Å². The second-order valence-corrected chi connectivity index (χ2v) is 4.80. The molecule has 1 atom stereocenters. The summed E-state index contributed by atoms with van der Waals surface area (Å²) in [6.45, 7) is 1.92. The van der Waals surface area contributed by atoms with Crippen molar-refractivity contribution in [3.8, 4) is 0 Å². The van der Waals surface area contributed by atoms with Crippen molar-refractivity contribution in [2.75, 3.05) is 6.26 Å². The zero-order valence-electron chi connectivity index (χ0n) is 7.24. The maximum Gasteiger partial charge on any atom is 0.209 e. The van der Waals surface area contributed by atoms with Gasteiger partial charge >= 0.3 is 0 Å². The fourth-order valence-corrected chi connectivity index (χ4v) is 1.93. The molecule has 0 aliphatic heterocycles. The lowest BCUT2D eigenvalue weighted by molar-refractivity contribution is 0.572. The lowest BCUT2D eigenvalue weighted by atomic mass is 10.0. The van der Waals surface area contributed by atoms with Crippen molar-refractivity contribution in [1.82, 2.24) is 4.72 Å². The van der Waals surface area contributed by atoms with Crippen LogP contribution in [0.3, 0.4) is 0 Å². The molecule has 68 valence electrons. The average Bonchev–Trinajstić information content (AvgIpc) is 1.91. The Hall–Kier alpha value is -0.610. The van der Waals surface area contributed by atoms with Gasteiger partial charge in [0.1, 0.15) is 0 Å². The first-order valence-electron chi connectivity index (χ1n) is 3.79. The van der Waals surface area contributed by atoms with E-state index in [4.69, 9.17) is 0 Å². The molecule has 0 aromatic heterocycles. The van der Waals surface area contributed by atoms with Crippen LogP contribution in [0.25, 0.3) is 0 Å². The molecule has 0 aromatic rings. The highest BCUT2D eigenvalue weighted by atomic mass is 32.2. The number of allylic oxidation sites excluding steroid dienone is 2. The molecule has 0 amide bonds. The van der Waals surface area contributed by atoms with Gasteiger partial charge in [-0.2, -0.15) is 0 Å². The Kier molecular flexibility index (Phi) is 2.69. The van der Waals surface area contributed by atoms with Gasteiger partial charge in [-0.15, -0.1) is 0 Å². The van der Waals surface area contributed by atoms with Crippen LogP contribution in [0.15, 0.2) is 23.8 Å². The van der Waals surface area contributed by atoms with E-state index >= 15 is 0 Å². The van der Waals surface area contributed by atoms with Crippen LogP contribution >= 0.6 is 0 Å². The van der Waals surface area contributed by atoms with E-state index in [-0.39, 0.29) is 6.04 Å². The Labute approximate surface area is 73.2 Å². The minimum atomic E-state index is -3.08. The fourth-order valence-electron chi connectivity index (χ4n) is 1.14. The van der Waals surface area contributed by atoms with Gasteiger partial charge in [0.2, 0.25) is 10.0 Å². The van der Waals surface area contributed by atoms with Gasteiger partial charge in [-0.05, 0) is 13.3 Å². The molecule has 0 bridgehead atoms. The molecule has 0 saturated heterocycles. The van der Waals surface area contributed by atoms with Gasteiger partial charge in [0, 0.05) is 6.04 Å². The third kappa shape index (κ3) is 2.79. The first kappa shape index (κ1) is 9.48. The van der Waals surface area contributed by atoms with E-state index in [9.17, 15) is 8.42 Å². The SMILES string of the molecule is CC1=CC=CCC1NS(C)(=O)=O. The van der Waals surface area contributed by atoms with Crippen molar-refractivity contribution < 1.29 is 8.42 Å². The Morgan fingerprint density at radius 1 is 1.58 bits per heavy atom. The van der Waals surface area contributed by atoms with Gasteiger partial charge in [-0.3, -0.25) is 0 Å². The zero-order chi connectivity index (χ0) is 9.19. The highest BCUT2D eigenvalue weighted by molar-refractivity contribution is 7.88. The van der Waals surface area contributed by atoms with Crippen LogP contribution in [0.1, 0.15) is 13.3 Å². The molecule has 4 heteroatoms. The van der Waals surface area contributed by atoms with E-state index in [1.54, 1.807) is 0 Å². The van der Waals surface area contributed by atoms with Crippen LogP contribution in [0.2, 0.25) is 0 Å². The first-order valence-corrected chi connectivity index (χ1v) is 5.69. The molecule has 12 heavy (non-hydrogen) atoms. The summed E-state index contributed by atoms with van der Waals surface area (Å²) in [4.78, 5) is 0. The van der Waals surface area contributed by atoms with Gasteiger partial charge in [0.15, 0.2) is 0 Å². The number of sulfonamides is 1. The molecule has 3 nitrogen and oxygen atoms in total. The third-order valence-corrected chi connectivity index (χ3v) is 2.49. The molecular formula is C8H13NO2S. The largest absolute Gasteiger partial charge is 0.213 e. The molecule has 0 heterocycles. The van der Waals surface area contributed by atoms with Crippen LogP contribution in [0.4, 0.5) is 0 Å². The molecule has 0 radical (unpaired) electrons. The van der Waals surface area contributed by atoms with Crippen LogP contribution in [-0.2, 0) is 10.0 Å². The number of hydrogen-bond donors (Lipinski definition) is 1. The zero-order valence-corrected chi connectivity index (χ0v) is 8.06. The van der Waals surface area contributed by atoms with E-state index in [1.165, 1.54) is 6.26 Å². The Morgan fingerprint density at radius 3 is 2.75 bits per heavy atom. The maximum absolute atomic E-state index is 10.9. The normalized spacial score (nSPS) is 23.8. The van der Waals surface area contributed by atoms with Crippen LogP contribution in [-0.4, -0.2) is 20.7 Å². The molecule has 0 spiro atoms. The van der Waals surface area contributed by atoms with Gasteiger partial charge in [0.05, 0.1) is 6.26 Å². The number of rotatable bonds is 2. The van der Waals surface area contributed by atoms with E-state index in [1.807, 2.05) is 25.2 Å². The van der Waals surface area contributed by atoms with Crippen LogP contribution < -0.4 is 4.72 Å². The number of nitrogens with one attached hydrogen (secondary N) is 1. The summed E-state index contributed by atoms with van der Waals surface area (Å²) in [6.07, 6.45) is 7.74. The van der Waals surface area contributed by atoms with Gasteiger partial charge in [-0.25, -0.2) is 13.1 Å². The number of hydrogen-bond acceptors (Lipinski definition) is 2. The van der Waals surface area contributed by atoms with Crippen molar-refractivity contribution in [2.45, 2.75) is 19.4 Å². The monoisotopic (exact) mass is 187 g/mol. The summed E-state index contributed by atoms with van der Waals surface area (Å²) in [5.74, 6) is 0. The van der Waals surface area contributed by atoms with E-state index < -0.39 is 10.0 Å². The first-order chi connectivity index (χ1) is 5.49. The fraction of sp³-hybridized carbons (Fsp3) is 0.500. The molecular weight excluding hydrogens is 174 g/mol. The molecule has 0 fully saturated rings. The summed E-state index contributed by atoms with van der Waals surface area (Å²) in [5.41, 5.74) is 1.06. The predicted octanol–water partition coefficient (Wildman–Crippen LogP) is 0.810. The quantitative estimate of drug-likeness (QED) is 0.695. The lowest BCUT2D eigenvalue weighted by Crippen LogP contribution is -2.35. The summed E-state index contributed by atoms with van der Waals surface area (Å²) in [5, 5.41) is 0. The molecule has 1 unspecified atom stereocenters. The summed E-state index contributed by atoms with van der Waals surface area (Å²) in [6, 6.07) is -0.0509. The highest BCUT2D eigenvalue weighted by Gasteiger charge is 2.15. The van der Waals surface area contributed by atoms with Gasteiger partial charge < -0.3 is 0 Å². The minimum Gasteiger partial charge on any atom is -0.213 e. The van der Waals surface area contributed by atoms with Gasteiger partial charge in [0.25, 0.3) is 0 Å². The predicted molar refractivity (Wildman–Crippen MR) is 49.3 cm³/mol. The highest BCUT2D eigenvalue weighted by Crippen LogP contribution is 2.12. The van der Waals surface area contributed by atoms with Crippen LogP contribution in [0, 0.1) is 0 Å². The smallest absolute Gasteiger partial charge is 0.209 e. The average molecular weight is 187 g/mol. The van der Waals surface area contributed by atoms with Crippen molar-refractivity contribution in [3.63, 3.8) is 0 Å². The topological polar surface area (TPSA) is 46.2 Å². The summed E-state index contributed by atoms with van der Waals surface area (Å²) in [7, 11) is -3.08. The van der Waals surface area contributed by atoms with Crippen molar-refractivity contribution in [3.05, 3.63) is 23.8 Å². The summed E-state index contributed by atoms with van der Waals surface area (Å²) >= 11 is 0. The van der Waals surface area contributed by atoms with Crippen LogP contribution in [0.5, 0.6) is 0 Å². The Morgan fingerprint density at radius 2 is 2.25 bits per heavy atom. The molecule has 0 saturated carbocycles. The maximum atomic E-state index is 10.9. The molecule has 0 aromatic carbocycles. The lowest BCUT2D eigenvalue weighted by Gasteiger charge is -2.18. The minimum absolute atomic E-state index is 0.0509. The van der Waals surface area contributed by atoms with Crippen molar-refractivity contribution in [1.29, 1.82) is 0 Å². The molecule has 1 N–H and O–H groups in total. The van der Waals surface area contributed by atoms with E-state index in [0.717, 1.165) is 12.0 Å². The second-order valence-electron chi connectivity index (χ2n) is 3.02. The summed E-state index contributed by atoms with van der Waals surface area (Å²) < 4.78 is 24.3. The van der Waals surface area contributed by atoms with E-state index in [0.29, 0.717) is 0 Å². The molecule has 1 rings (SSSR count). The standard InChI is InChI=1S/C8H13NO2S/c1-7-5-3-4-6-8(7)9-12(2,10)11/h3-5,8-9H,6H2,1-2H3. The second kappa shape index (κ2) is 3.41. The molecule has 1 aliphatic rings. The van der Waals surface area contributed by atoms with Crippen molar-refractivity contribution >= 4 is 10.0 Å².